The molecule has 1 aliphatic carbocycles. The molecule has 14 heavy (non-hydrogen) atoms. The van der Waals surface area contributed by atoms with Crippen molar-refractivity contribution in [3.05, 3.63) is 35.4 Å². The minimum Gasteiger partial charge on any atom is -0.481 e. The summed E-state index contributed by atoms with van der Waals surface area (Å²) in [6, 6.07) is 8.04. The number of aliphatic carboxylic acids is 1. The van der Waals surface area contributed by atoms with E-state index in [1.807, 2.05) is 38.1 Å². The minimum absolute atomic E-state index is 0.138. The van der Waals surface area contributed by atoms with E-state index in [1.165, 1.54) is 11.1 Å². The highest BCUT2D eigenvalue weighted by Gasteiger charge is 2.39. The van der Waals surface area contributed by atoms with Gasteiger partial charge in [-0.15, -0.1) is 0 Å². The summed E-state index contributed by atoms with van der Waals surface area (Å²) in [5.74, 6) is -0.661. The summed E-state index contributed by atoms with van der Waals surface area (Å²) in [6.45, 7) is 4.00. The summed E-state index contributed by atoms with van der Waals surface area (Å²) in [5.41, 5.74) is 2.40. The smallest absolute Gasteiger partial charge is 0.307 e. The van der Waals surface area contributed by atoms with Crippen LogP contribution in [0.15, 0.2) is 24.3 Å². The molecular formula is C12H14O2. The first-order chi connectivity index (χ1) is 6.63. The summed E-state index contributed by atoms with van der Waals surface area (Å²) >= 11 is 0. The van der Waals surface area contributed by atoms with Crippen LogP contribution in [0.3, 0.4) is 0 Å². The highest BCUT2D eigenvalue weighted by Crippen LogP contribution is 2.45. The Morgan fingerprint density at radius 1 is 1.14 bits per heavy atom. The summed E-state index contributed by atoms with van der Waals surface area (Å²) < 4.78 is 0. The molecule has 0 aliphatic heterocycles. The lowest BCUT2D eigenvalue weighted by Crippen LogP contribution is -2.19. The van der Waals surface area contributed by atoms with E-state index in [4.69, 9.17) is 5.11 Å². The second-order valence-corrected chi connectivity index (χ2v) is 4.07. The summed E-state index contributed by atoms with van der Waals surface area (Å²) in [4.78, 5) is 11.1. The van der Waals surface area contributed by atoms with E-state index in [9.17, 15) is 4.79 Å². The molecule has 2 heteroatoms. The third-order valence-electron chi connectivity index (χ3n) is 3.34. The van der Waals surface area contributed by atoms with Crippen LogP contribution < -0.4 is 0 Å². The van der Waals surface area contributed by atoms with E-state index in [-0.39, 0.29) is 17.8 Å². The zero-order chi connectivity index (χ0) is 10.3. The molecule has 0 saturated carbocycles. The van der Waals surface area contributed by atoms with Crippen molar-refractivity contribution in [2.45, 2.75) is 25.7 Å². The van der Waals surface area contributed by atoms with Gasteiger partial charge in [-0.2, -0.15) is 0 Å². The monoisotopic (exact) mass is 190 g/mol. The predicted octanol–water partition coefficient (Wildman–Crippen LogP) is 2.61. The van der Waals surface area contributed by atoms with Crippen molar-refractivity contribution in [1.29, 1.82) is 0 Å². The van der Waals surface area contributed by atoms with Crippen molar-refractivity contribution >= 4 is 5.97 Å². The lowest BCUT2D eigenvalue weighted by Gasteiger charge is -2.14. The quantitative estimate of drug-likeness (QED) is 0.739. The molecule has 0 radical (unpaired) electrons. The highest BCUT2D eigenvalue weighted by atomic mass is 16.4. The number of rotatable bonds is 1. The van der Waals surface area contributed by atoms with Crippen molar-refractivity contribution in [3.63, 3.8) is 0 Å². The number of fused-ring (bicyclic) bond motifs is 1. The van der Waals surface area contributed by atoms with Crippen molar-refractivity contribution < 1.29 is 9.90 Å². The number of hydrogen-bond donors (Lipinski definition) is 1. The van der Waals surface area contributed by atoms with Gasteiger partial charge in [0.2, 0.25) is 0 Å². The molecule has 1 aromatic rings. The van der Waals surface area contributed by atoms with Crippen LogP contribution in [0, 0.1) is 5.92 Å². The Labute approximate surface area is 83.6 Å². The second-order valence-electron chi connectivity index (χ2n) is 4.07. The van der Waals surface area contributed by atoms with E-state index < -0.39 is 5.97 Å². The van der Waals surface area contributed by atoms with E-state index >= 15 is 0 Å². The number of hydrogen-bond acceptors (Lipinski definition) is 1. The van der Waals surface area contributed by atoms with Crippen LogP contribution in [-0.2, 0) is 4.79 Å². The molecule has 0 amide bonds. The Balaban J connectivity index is 2.48. The molecular weight excluding hydrogens is 176 g/mol. The SMILES string of the molecule is CC1c2ccccc2C(C)C1C(=O)O. The fraction of sp³-hybridized carbons (Fsp3) is 0.417. The molecule has 0 aromatic heterocycles. The summed E-state index contributed by atoms with van der Waals surface area (Å²) in [6.07, 6.45) is 0. The Morgan fingerprint density at radius 2 is 1.57 bits per heavy atom. The Kier molecular flexibility index (Phi) is 2.06. The largest absolute Gasteiger partial charge is 0.481 e. The predicted molar refractivity (Wildman–Crippen MR) is 54.4 cm³/mol. The van der Waals surface area contributed by atoms with Crippen LogP contribution in [0.1, 0.15) is 36.8 Å². The average molecular weight is 190 g/mol. The van der Waals surface area contributed by atoms with E-state index in [2.05, 4.69) is 0 Å². The van der Waals surface area contributed by atoms with Gasteiger partial charge in [0, 0.05) is 0 Å². The Morgan fingerprint density at radius 3 is 1.93 bits per heavy atom. The second kappa shape index (κ2) is 3.12. The average Bonchev–Trinajstić information content (AvgIpc) is 2.41. The van der Waals surface area contributed by atoms with Gasteiger partial charge >= 0.3 is 5.97 Å². The molecule has 2 atom stereocenters. The van der Waals surface area contributed by atoms with Gasteiger partial charge in [0.15, 0.2) is 0 Å². The summed E-state index contributed by atoms with van der Waals surface area (Å²) in [5, 5.41) is 9.13. The highest BCUT2D eigenvalue weighted by molar-refractivity contribution is 5.74. The molecule has 2 nitrogen and oxygen atoms in total. The van der Waals surface area contributed by atoms with E-state index in [0.29, 0.717) is 0 Å². The van der Waals surface area contributed by atoms with Crippen LogP contribution in [0.5, 0.6) is 0 Å². The zero-order valence-corrected chi connectivity index (χ0v) is 8.40. The van der Waals surface area contributed by atoms with Crippen LogP contribution in [-0.4, -0.2) is 11.1 Å². The first kappa shape index (κ1) is 9.25. The molecule has 0 saturated heterocycles. The van der Waals surface area contributed by atoms with Gasteiger partial charge in [0.25, 0.3) is 0 Å². The lowest BCUT2D eigenvalue weighted by atomic mass is 9.89. The fourth-order valence-corrected chi connectivity index (χ4v) is 2.59. The Hall–Kier alpha value is -1.31. The standard InChI is InChI=1S/C12H14O2/c1-7-9-5-3-4-6-10(9)8(2)11(7)12(13)14/h3-8,11H,1-2H3,(H,13,14). The van der Waals surface area contributed by atoms with Gasteiger partial charge < -0.3 is 5.11 Å². The molecule has 2 unspecified atom stereocenters. The molecule has 0 heterocycles. The third-order valence-corrected chi connectivity index (χ3v) is 3.34. The van der Waals surface area contributed by atoms with Gasteiger partial charge in [0.1, 0.15) is 0 Å². The first-order valence-corrected chi connectivity index (χ1v) is 4.94. The summed E-state index contributed by atoms with van der Waals surface area (Å²) in [7, 11) is 0. The number of carbonyl (C=O) groups is 1. The first-order valence-electron chi connectivity index (χ1n) is 4.94. The van der Waals surface area contributed by atoms with Gasteiger partial charge in [-0.05, 0) is 23.0 Å². The minimum atomic E-state index is -0.679. The van der Waals surface area contributed by atoms with Crippen molar-refractivity contribution in [2.24, 2.45) is 5.92 Å². The van der Waals surface area contributed by atoms with Crippen molar-refractivity contribution in [3.8, 4) is 0 Å². The maximum absolute atomic E-state index is 11.1. The molecule has 2 rings (SSSR count). The van der Waals surface area contributed by atoms with Crippen LogP contribution in [0.4, 0.5) is 0 Å². The van der Waals surface area contributed by atoms with Crippen LogP contribution in [0.2, 0.25) is 0 Å². The maximum atomic E-state index is 11.1. The number of carboxylic acid groups (broad SMARTS) is 1. The zero-order valence-electron chi connectivity index (χ0n) is 8.40. The van der Waals surface area contributed by atoms with Gasteiger partial charge in [0.05, 0.1) is 5.92 Å². The molecule has 0 spiro atoms. The molecule has 74 valence electrons. The normalized spacial score (nSPS) is 30.0. The maximum Gasteiger partial charge on any atom is 0.307 e. The molecule has 0 bridgehead atoms. The molecule has 1 aliphatic rings. The number of carboxylic acids is 1. The van der Waals surface area contributed by atoms with E-state index in [0.717, 1.165) is 0 Å². The lowest BCUT2D eigenvalue weighted by molar-refractivity contribution is -0.142. The molecule has 1 N–H and O–H groups in total. The molecule has 1 aromatic carbocycles. The van der Waals surface area contributed by atoms with Crippen molar-refractivity contribution in [2.75, 3.05) is 0 Å². The van der Waals surface area contributed by atoms with Crippen LogP contribution >= 0.6 is 0 Å². The molecule has 0 fully saturated rings. The van der Waals surface area contributed by atoms with Crippen LogP contribution in [0.25, 0.3) is 0 Å². The van der Waals surface area contributed by atoms with E-state index in [1.54, 1.807) is 0 Å². The Bertz CT molecular complexity index is 341. The third kappa shape index (κ3) is 1.14. The topological polar surface area (TPSA) is 37.3 Å². The fourth-order valence-electron chi connectivity index (χ4n) is 2.59. The van der Waals surface area contributed by atoms with Gasteiger partial charge in [-0.3, -0.25) is 4.79 Å². The van der Waals surface area contributed by atoms with Crippen molar-refractivity contribution in [1.82, 2.24) is 0 Å². The number of benzene rings is 1. The van der Waals surface area contributed by atoms with Gasteiger partial charge in [-0.25, -0.2) is 0 Å². The van der Waals surface area contributed by atoms with Gasteiger partial charge in [-0.1, -0.05) is 38.1 Å².